The molecule has 0 N–H and O–H groups in total. The summed E-state index contributed by atoms with van der Waals surface area (Å²) in [5.41, 5.74) is 2.70. The molecule has 1 aliphatic rings. The summed E-state index contributed by atoms with van der Waals surface area (Å²) in [6.07, 6.45) is 3.71. The van der Waals surface area contributed by atoms with E-state index in [1.807, 2.05) is 26.0 Å². The quantitative estimate of drug-likeness (QED) is 0.300. The molecule has 3 rings (SSSR count). The van der Waals surface area contributed by atoms with Crippen LogP contribution in [0.2, 0.25) is 0 Å². The van der Waals surface area contributed by atoms with E-state index in [9.17, 15) is 19.2 Å². The molecule has 0 unspecified atom stereocenters. The second-order valence-electron chi connectivity index (χ2n) is 7.25. The number of nitrogens with zero attached hydrogens (tertiary/aromatic N) is 2. The Labute approximate surface area is 174 Å². The highest BCUT2D eigenvalue weighted by Crippen LogP contribution is 2.22. The lowest BCUT2D eigenvalue weighted by Gasteiger charge is -2.14. The Kier molecular flexibility index (Phi) is 6.80. The topological polar surface area (TPSA) is 81.3 Å². The van der Waals surface area contributed by atoms with Crippen molar-refractivity contribution in [3.63, 3.8) is 0 Å². The molecular formula is C23H23FN2O4. The van der Waals surface area contributed by atoms with E-state index >= 15 is 0 Å². The lowest BCUT2D eigenvalue weighted by molar-refractivity contribution is -0.137. The third-order valence-electron chi connectivity index (χ3n) is 5.16. The number of ketones is 1. The van der Waals surface area contributed by atoms with Gasteiger partial charge in [-0.05, 0) is 68.7 Å². The van der Waals surface area contributed by atoms with Crippen molar-refractivity contribution in [3.05, 3.63) is 64.2 Å². The van der Waals surface area contributed by atoms with Gasteiger partial charge < -0.3 is 14.0 Å². The fourth-order valence-electron chi connectivity index (χ4n) is 3.47. The molecule has 6 nitrogen and oxygen atoms in total. The van der Waals surface area contributed by atoms with Crippen molar-refractivity contribution < 1.29 is 23.5 Å². The van der Waals surface area contributed by atoms with Crippen molar-refractivity contribution in [3.8, 4) is 6.07 Å². The van der Waals surface area contributed by atoms with Gasteiger partial charge in [0.25, 0.3) is 0 Å². The number of aryl methyl sites for hydroxylation is 1. The summed E-state index contributed by atoms with van der Waals surface area (Å²) >= 11 is 0. The number of carbonyl (C=O) groups is 2. The van der Waals surface area contributed by atoms with E-state index in [0.717, 1.165) is 55.1 Å². The molecule has 2 aromatic rings. The fraction of sp³-hybridized carbons (Fsp3) is 0.348. The van der Waals surface area contributed by atoms with Crippen LogP contribution in [0.4, 0.5) is 4.39 Å². The van der Waals surface area contributed by atoms with Crippen molar-refractivity contribution >= 4 is 17.8 Å². The fourth-order valence-corrected chi connectivity index (χ4v) is 3.47. The maximum Gasteiger partial charge on any atom is 0.349 e. The number of halogens is 1. The zero-order valence-corrected chi connectivity index (χ0v) is 17.0. The van der Waals surface area contributed by atoms with Gasteiger partial charge >= 0.3 is 5.97 Å². The van der Waals surface area contributed by atoms with Gasteiger partial charge in [-0.15, -0.1) is 0 Å². The maximum absolute atomic E-state index is 13.0. The predicted octanol–water partition coefficient (Wildman–Crippen LogP) is 3.76. The minimum Gasteiger partial charge on any atom is -0.453 e. The van der Waals surface area contributed by atoms with Gasteiger partial charge in [0.15, 0.2) is 12.4 Å². The summed E-state index contributed by atoms with van der Waals surface area (Å²) in [4.78, 5) is 24.4. The number of esters is 1. The van der Waals surface area contributed by atoms with E-state index in [-0.39, 0.29) is 17.2 Å². The highest BCUT2D eigenvalue weighted by molar-refractivity contribution is 6.01. The SMILES string of the molecule is Cc1cc(/C=C(\C#N)C(=O)OCC(=O)c2ccc(F)cc2)c(C)n1C[C@@H]1CCCO1. The Morgan fingerprint density at radius 1 is 1.33 bits per heavy atom. The molecule has 156 valence electrons. The Bertz CT molecular complexity index is 1010. The third kappa shape index (κ3) is 5.02. The van der Waals surface area contributed by atoms with Gasteiger partial charge in [-0.25, -0.2) is 9.18 Å². The molecule has 0 spiro atoms. The summed E-state index contributed by atoms with van der Waals surface area (Å²) in [5.74, 6) is -1.82. The van der Waals surface area contributed by atoms with E-state index < -0.39 is 24.2 Å². The molecule has 1 aromatic heterocycles. The van der Waals surface area contributed by atoms with Crippen molar-refractivity contribution in [2.45, 2.75) is 39.3 Å². The summed E-state index contributed by atoms with van der Waals surface area (Å²) in [7, 11) is 0. The van der Waals surface area contributed by atoms with Gasteiger partial charge in [-0.2, -0.15) is 5.26 Å². The van der Waals surface area contributed by atoms with Crippen LogP contribution in [0.5, 0.6) is 0 Å². The molecule has 0 amide bonds. The van der Waals surface area contributed by atoms with Crippen LogP contribution in [0.1, 0.15) is 40.2 Å². The number of carbonyl (C=O) groups excluding carboxylic acids is 2. The minimum absolute atomic E-state index is 0.171. The number of hydrogen-bond acceptors (Lipinski definition) is 5. The number of rotatable bonds is 7. The maximum atomic E-state index is 13.0. The first kappa shape index (κ1) is 21.5. The minimum atomic E-state index is -0.878. The highest BCUT2D eigenvalue weighted by atomic mass is 19.1. The molecule has 1 fully saturated rings. The number of aromatic nitrogens is 1. The average molecular weight is 410 g/mol. The van der Waals surface area contributed by atoms with Crippen LogP contribution in [-0.2, 0) is 20.8 Å². The molecule has 0 aliphatic carbocycles. The number of hydrogen-bond donors (Lipinski definition) is 0. The predicted molar refractivity (Wildman–Crippen MR) is 108 cm³/mol. The number of ether oxygens (including phenoxy) is 2. The summed E-state index contributed by atoms with van der Waals surface area (Å²) in [6.45, 7) is 4.86. The Hall–Kier alpha value is -3.24. The molecule has 1 saturated heterocycles. The second-order valence-corrected chi connectivity index (χ2v) is 7.25. The molecule has 1 aliphatic heterocycles. The molecule has 2 heterocycles. The lowest BCUT2D eigenvalue weighted by atomic mass is 10.1. The Morgan fingerprint density at radius 2 is 2.07 bits per heavy atom. The summed E-state index contributed by atoms with van der Waals surface area (Å²) < 4.78 is 25.8. The van der Waals surface area contributed by atoms with E-state index in [1.54, 1.807) is 0 Å². The molecule has 7 heteroatoms. The smallest absolute Gasteiger partial charge is 0.349 e. The number of benzene rings is 1. The van der Waals surface area contributed by atoms with Crippen LogP contribution in [0.15, 0.2) is 35.9 Å². The van der Waals surface area contributed by atoms with E-state index in [2.05, 4.69) is 4.57 Å². The van der Waals surface area contributed by atoms with Gasteiger partial charge in [-0.1, -0.05) is 0 Å². The first-order valence-electron chi connectivity index (χ1n) is 9.75. The van der Waals surface area contributed by atoms with Crippen LogP contribution < -0.4 is 0 Å². The number of nitriles is 1. The largest absolute Gasteiger partial charge is 0.453 e. The zero-order chi connectivity index (χ0) is 21.7. The second kappa shape index (κ2) is 9.51. The molecule has 0 radical (unpaired) electrons. The Morgan fingerprint density at radius 3 is 2.70 bits per heavy atom. The van der Waals surface area contributed by atoms with Crippen LogP contribution in [0.25, 0.3) is 6.08 Å². The first-order valence-corrected chi connectivity index (χ1v) is 9.75. The highest BCUT2D eigenvalue weighted by Gasteiger charge is 2.20. The van der Waals surface area contributed by atoms with Gasteiger partial charge in [0.1, 0.15) is 17.5 Å². The van der Waals surface area contributed by atoms with Gasteiger partial charge in [0.05, 0.1) is 6.10 Å². The van der Waals surface area contributed by atoms with Gasteiger partial charge in [0, 0.05) is 30.1 Å². The monoisotopic (exact) mass is 410 g/mol. The summed E-state index contributed by atoms with van der Waals surface area (Å²) in [5, 5.41) is 9.39. The van der Waals surface area contributed by atoms with Crippen molar-refractivity contribution in [2.75, 3.05) is 13.2 Å². The van der Waals surface area contributed by atoms with Gasteiger partial charge in [0.2, 0.25) is 0 Å². The van der Waals surface area contributed by atoms with E-state index in [0.29, 0.717) is 0 Å². The van der Waals surface area contributed by atoms with Crippen molar-refractivity contribution in [1.82, 2.24) is 4.57 Å². The Balaban J connectivity index is 1.68. The standard InChI is InChI=1S/C23H23FN2O4/c1-15-10-18(16(2)26(15)13-21-4-3-9-29-21)11-19(12-25)23(28)30-14-22(27)17-5-7-20(24)8-6-17/h5-8,10-11,21H,3-4,9,13-14H2,1-2H3/b19-11+/t21-/m0/s1. The van der Waals surface area contributed by atoms with Crippen LogP contribution in [0, 0.1) is 31.0 Å². The van der Waals surface area contributed by atoms with Crippen LogP contribution in [-0.4, -0.2) is 35.6 Å². The molecule has 1 atom stereocenters. The van der Waals surface area contributed by atoms with Crippen molar-refractivity contribution in [2.24, 2.45) is 0 Å². The third-order valence-corrected chi connectivity index (χ3v) is 5.16. The molecule has 0 saturated carbocycles. The summed E-state index contributed by atoms with van der Waals surface area (Å²) in [6, 6.07) is 8.68. The van der Waals surface area contributed by atoms with Crippen LogP contribution in [0.3, 0.4) is 0 Å². The molecular weight excluding hydrogens is 387 g/mol. The van der Waals surface area contributed by atoms with E-state index in [1.165, 1.54) is 18.2 Å². The van der Waals surface area contributed by atoms with Gasteiger partial charge in [-0.3, -0.25) is 4.79 Å². The first-order chi connectivity index (χ1) is 14.4. The molecule has 1 aromatic carbocycles. The van der Waals surface area contributed by atoms with E-state index in [4.69, 9.17) is 9.47 Å². The molecule has 0 bridgehead atoms. The number of Topliss-reactive ketones (excluding diaryl/α,β-unsaturated/α-hetero) is 1. The van der Waals surface area contributed by atoms with Crippen molar-refractivity contribution in [1.29, 1.82) is 5.26 Å². The normalized spacial score (nSPS) is 16.3. The van der Waals surface area contributed by atoms with Crippen LogP contribution >= 0.6 is 0 Å². The molecule has 30 heavy (non-hydrogen) atoms. The zero-order valence-electron chi connectivity index (χ0n) is 17.0. The average Bonchev–Trinajstić information content (AvgIpc) is 3.34. The lowest BCUT2D eigenvalue weighted by Crippen LogP contribution is -2.17.